The van der Waals surface area contributed by atoms with E-state index < -0.39 is 21.2 Å². The minimum atomic E-state index is -3.64. The van der Waals surface area contributed by atoms with Crippen molar-refractivity contribution >= 4 is 16.0 Å². The molecule has 1 aliphatic carbocycles. The van der Waals surface area contributed by atoms with Gasteiger partial charge in [0.05, 0.1) is 31.0 Å². The van der Waals surface area contributed by atoms with Crippen LogP contribution >= 0.6 is 0 Å². The highest BCUT2D eigenvalue weighted by molar-refractivity contribution is 7.89. The van der Waals surface area contributed by atoms with Crippen LogP contribution in [0.25, 0.3) is 0 Å². The molecule has 2 aliphatic rings. The van der Waals surface area contributed by atoms with E-state index in [9.17, 15) is 13.2 Å². The fraction of sp³-hybridized carbons (Fsp3) is 0.923. The first-order valence-electron chi connectivity index (χ1n) is 7.41. The van der Waals surface area contributed by atoms with Gasteiger partial charge in [-0.1, -0.05) is 0 Å². The van der Waals surface area contributed by atoms with Crippen molar-refractivity contribution in [2.75, 3.05) is 32.9 Å². The van der Waals surface area contributed by atoms with Crippen LogP contribution in [0, 0.1) is 5.92 Å². The molecule has 0 spiro atoms. The molecule has 1 saturated heterocycles. The highest BCUT2D eigenvalue weighted by Gasteiger charge is 2.40. The van der Waals surface area contributed by atoms with Gasteiger partial charge < -0.3 is 9.47 Å². The predicted molar refractivity (Wildman–Crippen MR) is 77.0 cm³/mol. The summed E-state index contributed by atoms with van der Waals surface area (Å²) in [6, 6.07) is 0.0420. The molecule has 122 valence electrons. The van der Waals surface area contributed by atoms with Crippen molar-refractivity contribution in [3.63, 3.8) is 0 Å². The van der Waals surface area contributed by atoms with E-state index in [1.165, 1.54) is 0 Å². The smallest absolute Gasteiger partial charge is 0.309 e. The van der Waals surface area contributed by atoms with Gasteiger partial charge in [0.15, 0.2) is 0 Å². The number of hydrogen-bond acceptors (Lipinski definition) is 6. The van der Waals surface area contributed by atoms with Gasteiger partial charge in [0.25, 0.3) is 0 Å². The monoisotopic (exact) mass is 320 g/mol. The number of nitrogens with two attached hydrogens (primary N) is 1. The molecule has 0 radical (unpaired) electrons. The maximum absolute atomic E-state index is 12.0. The van der Waals surface area contributed by atoms with Crippen LogP contribution in [-0.4, -0.2) is 63.5 Å². The molecule has 3 unspecified atom stereocenters. The highest BCUT2D eigenvalue weighted by Crippen LogP contribution is 2.32. The molecule has 0 aromatic rings. The normalized spacial score (nSPS) is 31.8. The van der Waals surface area contributed by atoms with Crippen LogP contribution in [0.5, 0.6) is 0 Å². The molecule has 2 N–H and O–H groups in total. The van der Waals surface area contributed by atoms with Crippen molar-refractivity contribution in [2.45, 2.75) is 37.5 Å². The lowest BCUT2D eigenvalue weighted by Crippen LogP contribution is -2.51. The van der Waals surface area contributed by atoms with Crippen molar-refractivity contribution in [1.82, 2.24) is 4.90 Å². The first-order chi connectivity index (χ1) is 9.91. The number of carbonyl (C=O) groups excluding carboxylic acids is 1. The second kappa shape index (κ2) is 7.04. The molecular formula is C13H24N2O5S. The van der Waals surface area contributed by atoms with E-state index in [4.69, 9.17) is 14.6 Å². The fourth-order valence-corrected chi connectivity index (χ4v) is 4.19. The summed E-state index contributed by atoms with van der Waals surface area (Å²) in [6.45, 7) is 4.85. The van der Waals surface area contributed by atoms with Crippen molar-refractivity contribution in [2.24, 2.45) is 11.1 Å². The lowest BCUT2D eigenvalue weighted by Gasteiger charge is -2.40. The molecule has 2 fully saturated rings. The second-order valence-corrected chi connectivity index (χ2v) is 7.51. The summed E-state index contributed by atoms with van der Waals surface area (Å²) in [4.78, 5) is 14.2. The Morgan fingerprint density at radius 2 is 1.95 bits per heavy atom. The second-order valence-electron chi connectivity index (χ2n) is 5.67. The summed E-state index contributed by atoms with van der Waals surface area (Å²) in [5, 5.41) is 4.64. The highest BCUT2D eigenvalue weighted by atomic mass is 32.2. The molecule has 0 aromatic heterocycles. The molecule has 0 aromatic carbocycles. The van der Waals surface area contributed by atoms with E-state index in [2.05, 4.69) is 4.90 Å². The lowest BCUT2D eigenvalue weighted by atomic mass is 9.84. The summed E-state index contributed by atoms with van der Waals surface area (Å²) < 4.78 is 33.8. The Bertz CT molecular complexity index is 461. The molecule has 0 bridgehead atoms. The average molecular weight is 320 g/mol. The van der Waals surface area contributed by atoms with E-state index in [1.807, 2.05) is 0 Å². The average Bonchev–Trinajstić information content (AvgIpc) is 2.47. The summed E-state index contributed by atoms with van der Waals surface area (Å²) in [5.41, 5.74) is 0. The Morgan fingerprint density at radius 3 is 2.52 bits per heavy atom. The Hall–Kier alpha value is -0.700. The number of morpholine rings is 1. The van der Waals surface area contributed by atoms with E-state index in [0.717, 1.165) is 13.1 Å². The zero-order chi connectivity index (χ0) is 15.5. The van der Waals surface area contributed by atoms with Gasteiger partial charge in [-0.2, -0.15) is 0 Å². The minimum Gasteiger partial charge on any atom is -0.466 e. The molecular weight excluding hydrogens is 296 g/mol. The number of ether oxygens (including phenoxy) is 2. The van der Waals surface area contributed by atoms with Crippen LogP contribution in [0.3, 0.4) is 0 Å². The van der Waals surface area contributed by atoms with Crippen molar-refractivity contribution < 1.29 is 22.7 Å². The number of rotatable bonds is 4. The Morgan fingerprint density at radius 1 is 1.29 bits per heavy atom. The van der Waals surface area contributed by atoms with Crippen LogP contribution in [-0.2, 0) is 24.3 Å². The zero-order valence-corrected chi connectivity index (χ0v) is 13.2. The fourth-order valence-electron chi connectivity index (χ4n) is 3.20. The largest absolute Gasteiger partial charge is 0.466 e. The minimum absolute atomic E-state index is 0.0420. The summed E-state index contributed by atoms with van der Waals surface area (Å²) >= 11 is 0. The molecule has 1 saturated carbocycles. The van der Waals surface area contributed by atoms with Gasteiger partial charge in [0.1, 0.15) is 0 Å². The Labute approximate surface area is 125 Å². The number of primary sulfonamides is 1. The molecule has 0 amide bonds. The van der Waals surface area contributed by atoms with Crippen molar-refractivity contribution in [3.05, 3.63) is 0 Å². The summed E-state index contributed by atoms with van der Waals surface area (Å²) in [5.74, 6) is -0.709. The number of carbonyl (C=O) groups is 1. The topological polar surface area (TPSA) is 98.9 Å². The zero-order valence-electron chi connectivity index (χ0n) is 12.4. The molecule has 2 rings (SSSR count). The third kappa shape index (κ3) is 4.38. The first kappa shape index (κ1) is 16.7. The quantitative estimate of drug-likeness (QED) is 0.715. The van der Waals surface area contributed by atoms with E-state index in [0.29, 0.717) is 32.7 Å². The van der Waals surface area contributed by atoms with Gasteiger partial charge in [-0.3, -0.25) is 9.69 Å². The molecule has 7 nitrogen and oxygen atoms in total. The van der Waals surface area contributed by atoms with Crippen molar-refractivity contribution in [1.29, 1.82) is 0 Å². The van der Waals surface area contributed by atoms with Gasteiger partial charge in [-0.05, 0) is 26.2 Å². The predicted octanol–water partition coefficient (Wildman–Crippen LogP) is -0.292. The van der Waals surface area contributed by atoms with Crippen LogP contribution in [0.2, 0.25) is 0 Å². The summed E-state index contributed by atoms with van der Waals surface area (Å²) in [6.07, 6.45) is 1.37. The van der Waals surface area contributed by atoms with E-state index in [1.54, 1.807) is 6.92 Å². The Kier molecular flexibility index (Phi) is 5.59. The molecule has 1 aliphatic heterocycles. The van der Waals surface area contributed by atoms with Gasteiger partial charge in [0, 0.05) is 19.1 Å². The van der Waals surface area contributed by atoms with Gasteiger partial charge in [-0.15, -0.1) is 0 Å². The SMILES string of the molecule is CCOC(=O)C1CC(N2CCOCC2)CC(S(N)(=O)=O)C1. The molecule has 1 heterocycles. The van der Waals surface area contributed by atoms with Crippen LogP contribution in [0.4, 0.5) is 0 Å². The maximum atomic E-state index is 12.0. The molecule has 8 heteroatoms. The third-order valence-corrected chi connectivity index (χ3v) is 5.60. The standard InChI is InChI=1S/C13H24N2O5S/c1-2-20-13(16)10-7-11(15-3-5-19-6-4-15)9-12(8-10)21(14,17)18/h10-12H,2-9H2,1H3,(H2,14,17,18). The maximum Gasteiger partial charge on any atom is 0.309 e. The number of hydrogen-bond donors (Lipinski definition) is 1. The number of nitrogens with zero attached hydrogens (tertiary/aromatic N) is 1. The van der Waals surface area contributed by atoms with E-state index >= 15 is 0 Å². The van der Waals surface area contributed by atoms with E-state index in [-0.39, 0.29) is 18.4 Å². The third-order valence-electron chi connectivity index (χ3n) is 4.29. The summed E-state index contributed by atoms with van der Waals surface area (Å²) in [7, 11) is -3.64. The van der Waals surface area contributed by atoms with Gasteiger partial charge in [0.2, 0.25) is 10.0 Å². The van der Waals surface area contributed by atoms with Gasteiger partial charge >= 0.3 is 5.97 Å². The first-order valence-corrected chi connectivity index (χ1v) is 9.02. The Balaban J connectivity index is 2.11. The van der Waals surface area contributed by atoms with Crippen LogP contribution in [0.1, 0.15) is 26.2 Å². The molecule has 21 heavy (non-hydrogen) atoms. The van der Waals surface area contributed by atoms with Crippen LogP contribution in [0.15, 0.2) is 0 Å². The lowest BCUT2D eigenvalue weighted by molar-refractivity contribution is -0.150. The van der Waals surface area contributed by atoms with Gasteiger partial charge in [-0.25, -0.2) is 13.6 Å². The molecule has 3 atom stereocenters. The number of sulfonamides is 1. The number of esters is 1. The van der Waals surface area contributed by atoms with Crippen LogP contribution < -0.4 is 5.14 Å². The van der Waals surface area contributed by atoms with Crippen molar-refractivity contribution in [3.8, 4) is 0 Å².